The van der Waals surface area contributed by atoms with Gasteiger partial charge in [0.05, 0.1) is 12.2 Å². The van der Waals surface area contributed by atoms with Crippen LogP contribution in [0.4, 0.5) is 0 Å². The summed E-state index contributed by atoms with van der Waals surface area (Å²) in [6.45, 7) is 3.71. The fourth-order valence-electron chi connectivity index (χ4n) is 2.98. The Morgan fingerprint density at radius 1 is 0.792 bits per heavy atom. The molecular weight excluding hydrogens is 304 g/mol. The first-order chi connectivity index (χ1) is 11.6. The zero-order valence-electron chi connectivity index (χ0n) is 16.0. The Balaban J connectivity index is 0.00000118. The minimum Gasteiger partial charge on any atom is -0.481 e. The summed E-state index contributed by atoms with van der Waals surface area (Å²) < 4.78 is 5.76. The first-order valence-corrected chi connectivity index (χ1v) is 10.1. The van der Waals surface area contributed by atoms with Crippen LogP contribution < -0.4 is 0 Å². The molecule has 24 heavy (non-hydrogen) atoms. The van der Waals surface area contributed by atoms with Crippen LogP contribution in [0.2, 0.25) is 0 Å². The van der Waals surface area contributed by atoms with Crippen LogP contribution in [-0.2, 0) is 9.53 Å². The molecule has 0 aromatic carbocycles. The Bertz CT molecular complexity index is 277. The van der Waals surface area contributed by atoms with Gasteiger partial charge < -0.3 is 14.9 Å². The highest BCUT2D eigenvalue weighted by Gasteiger charge is 2.36. The molecular formula is C20H40O4. The number of aliphatic carboxylic acids is 1. The zero-order valence-corrected chi connectivity index (χ0v) is 16.0. The summed E-state index contributed by atoms with van der Waals surface area (Å²) in [5, 5.41) is 16.1. The predicted molar refractivity (Wildman–Crippen MR) is 99.4 cm³/mol. The molecule has 0 aliphatic carbocycles. The Morgan fingerprint density at radius 3 is 1.58 bits per heavy atom. The van der Waals surface area contributed by atoms with E-state index in [2.05, 4.69) is 6.92 Å². The summed E-state index contributed by atoms with van der Waals surface area (Å²) in [7, 11) is 0. The average molecular weight is 345 g/mol. The second-order valence-corrected chi connectivity index (χ2v) is 6.92. The van der Waals surface area contributed by atoms with Crippen LogP contribution in [0.5, 0.6) is 0 Å². The number of carbonyl (C=O) groups is 1. The van der Waals surface area contributed by atoms with Crippen molar-refractivity contribution in [3.05, 3.63) is 0 Å². The molecule has 0 bridgehead atoms. The van der Waals surface area contributed by atoms with Crippen LogP contribution in [0.15, 0.2) is 0 Å². The number of unbranched alkanes of at least 4 members (excludes halogenated alkanes) is 10. The molecule has 1 fully saturated rings. The van der Waals surface area contributed by atoms with Gasteiger partial charge in [-0.05, 0) is 19.3 Å². The Labute approximate surface area is 149 Å². The van der Waals surface area contributed by atoms with Gasteiger partial charge in [-0.1, -0.05) is 77.6 Å². The van der Waals surface area contributed by atoms with Crippen LogP contribution in [0.3, 0.4) is 0 Å². The number of carboxylic acids is 1. The van der Waals surface area contributed by atoms with Gasteiger partial charge in [0.1, 0.15) is 0 Å². The van der Waals surface area contributed by atoms with Crippen LogP contribution in [0, 0.1) is 0 Å². The molecule has 1 heterocycles. The van der Waals surface area contributed by atoms with E-state index in [9.17, 15) is 0 Å². The van der Waals surface area contributed by atoms with Crippen LogP contribution in [0.25, 0.3) is 0 Å². The standard InChI is InChI=1S/C18H36O2.C2H4O2/c1-2-3-4-5-8-11-14-17-18(20-17)15-12-9-6-7-10-13-16-19;1-2(3)4/h17-19H,2-16H2,1H3;1H3,(H,3,4). The SMILES string of the molecule is CC(=O)O.CCCCCCCCC1OC1CCCCCCCCO. The molecule has 1 aliphatic rings. The van der Waals surface area contributed by atoms with Crippen molar-refractivity contribution in [1.82, 2.24) is 0 Å². The van der Waals surface area contributed by atoms with Gasteiger partial charge in [0.15, 0.2) is 0 Å². The number of epoxide rings is 1. The molecule has 0 aromatic rings. The van der Waals surface area contributed by atoms with Gasteiger partial charge in [-0.25, -0.2) is 0 Å². The predicted octanol–water partition coefficient (Wildman–Crippen LogP) is 5.32. The molecule has 1 rings (SSSR count). The topological polar surface area (TPSA) is 70.1 Å². The zero-order chi connectivity index (χ0) is 18.0. The lowest BCUT2D eigenvalue weighted by Gasteiger charge is -2.00. The summed E-state index contributed by atoms with van der Waals surface area (Å²) >= 11 is 0. The van der Waals surface area contributed by atoms with Gasteiger partial charge in [0, 0.05) is 13.5 Å². The molecule has 0 aromatic heterocycles. The molecule has 0 saturated carbocycles. The number of aliphatic hydroxyl groups is 1. The molecule has 4 heteroatoms. The monoisotopic (exact) mass is 344 g/mol. The van der Waals surface area contributed by atoms with E-state index in [1.165, 1.54) is 83.5 Å². The molecule has 1 aliphatic heterocycles. The maximum Gasteiger partial charge on any atom is 0.300 e. The van der Waals surface area contributed by atoms with E-state index in [1.54, 1.807) is 0 Å². The molecule has 144 valence electrons. The quantitative estimate of drug-likeness (QED) is 0.312. The molecule has 2 N–H and O–H groups in total. The maximum absolute atomic E-state index is 9.00. The third kappa shape index (κ3) is 17.7. The maximum atomic E-state index is 9.00. The number of ether oxygens (including phenoxy) is 1. The van der Waals surface area contributed by atoms with Crippen molar-refractivity contribution < 1.29 is 19.7 Å². The lowest BCUT2D eigenvalue weighted by Crippen LogP contribution is -1.95. The van der Waals surface area contributed by atoms with E-state index in [-0.39, 0.29) is 0 Å². The van der Waals surface area contributed by atoms with Crippen LogP contribution >= 0.6 is 0 Å². The lowest BCUT2D eigenvalue weighted by molar-refractivity contribution is -0.134. The highest BCUT2D eigenvalue weighted by Crippen LogP contribution is 2.31. The molecule has 4 nitrogen and oxygen atoms in total. The summed E-state index contributed by atoms with van der Waals surface area (Å²) in [6.07, 6.45) is 19.6. The highest BCUT2D eigenvalue weighted by atomic mass is 16.6. The number of hydrogen-bond acceptors (Lipinski definition) is 3. The van der Waals surface area contributed by atoms with Crippen molar-refractivity contribution in [1.29, 1.82) is 0 Å². The molecule has 1 saturated heterocycles. The Kier molecular flexibility index (Phi) is 16.8. The van der Waals surface area contributed by atoms with Crippen molar-refractivity contribution in [3.63, 3.8) is 0 Å². The second kappa shape index (κ2) is 17.2. The van der Waals surface area contributed by atoms with E-state index in [0.29, 0.717) is 18.8 Å². The number of rotatable bonds is 15. The first-order valence-electron chi connectivity index (χ1n) is 10.1. The number of aliphatic hydroxyl groups excluding tert-OH is 1. The summed E-state index contributed by atoms with van der Waals surface area (Å²) in [5.41, 5.74) is 0. The summed E-state index contributed by atoms with van der Waals surface area (Å²) in [5.74, 6) is -0.833. The third-order valence-electron chi connectivity index (χ3n) is 4.43. The van der Waals surface area contributed by atoms with Crippen molar-refractivity contribution in [2.24, 2.45) is 0 Å². The van der Waals surface area contributed by atoms with Gasteiger partial charge in [-0.2, -0.15) is 0 Å². The minimum absolute atomic E-state index is 0.357. The first kappa shape index (κ1) is 23.4. The number of carboxylic acid groups (broad SMARTS) is 1. The van der Waals surface area contributed by atoms with Gasteiger partial charge >= 0.3 is 0 Å². The third-order valence-corrected chi connectivity index (χ3v) is 4.43. The van der Waals surface area contributed by atoms with Crippen LogP contribution in [0.1, 0.15) is 104 Å². The lowest BCUT2D eigenvalue weighted by atomic mass is 10.0. The fraction of sp³-hybridized carbons (Fsp3) is 0.950. The molecule has 2 unspecified atom stereocenters. The average Bonchev–Trinajstić information content (AvgIpc) is 3.28. The highest BCUT2D eigenvalue weighted by molar-refractivity contribution is 5.62. The van der Waals surface area contributed by atoms with Gasteiger partial charge in [0.2, 0.25) is 0 Å². The fourth-order valence-corrected chi connectivity index (χ4v) is 2.98. The van der Waals surface area contributed by atoms with E-state index in [0.717, 1.165) is 13.3 Å². The summed E-state index contributed by atoms with van der Waals surface area (Å²) in [4.78, 5) is 9.00. The Morgan fingerprint density at radius 2 is 1.17 bits per heavy atom. The van der Waals surface area contributed by atoms with Crippen molar-refractivity contribution in [2.75, 3.05) is 6.61 Å². The van der Waals surface area contributed by atoms with Gasteiger partial charge in [-0.15, -0.1) is 0 Å². The molecule has 2 atom stereocenters. The van der Waals surface area contributed by atoms with Crippen molar-refractivity contribution in [2.45, 2.75) is 116 Å². The van der Waals surface area contributed by atoms with E-state index >= 15 is 0 Å². The number of hydrogen-bond donors (Lipinski definition) is 2. The van der Waals surface area contributed by atoms with Gasteiger partial charge in [0.25, 0.3) is 5.97 Å². The smallest absolute Gasteiger partial charge is 0.300 e. The molecule has 0 spiro atoms. The van der Waals surface area contributed by atoms with Crippen molar-refractivity contribution >= 4 is 5.97 Å². The normalized spacial score (nSPS) is 18.8. The van der Waals surface area contributed by atoms with E-state index in [4.69, 9.17) is 19.7 Å². The van der Waals surface area contributed by atoms with E-state index in [1.807, 2.05) is 0 Å². The van der Waals surface area contributed by atoms with E-state index < -0.39 is 5.97 Å². The molecule has 0 radical (unpaired) electrons. The van der Waals surface area contributed by atoms with Gasteiger partial charge in [-0.3, -0.25) is 4.79 Å². The second-order valence-electron chi connectivity index (χ2n) is 6.92. The van der Waals surface area contributed by atoms with Crippen LogP contribution in [-0.4, -0.2) is 35.0 Å². The largest absolute Gasteiger partial charge is 0.481 e. The van der Waals surface area contributed by atoms with Crippen molar-refractivity contribution in [3.8, 4) is 0 Å². The minimum atomic E-state index is -0.833. The Hall–Kier alpha value is -0.610. The summed E-state index contributed by atoms with van der Waals surface area (Å²) in [6, 6.07) is 0. The molecule has 0 amide bonds.